The summed E-state index contributed by atoms with van der Waals surface area (Å²) in [5, 5.41) is 8.83. The fourth-order valence-corrected chi connectivity index (χ4v) is 4.25. The molecule has 1 amide bonds. The van der Waals surface area contributed by atoms with Gasteiger partial charge in [0.2, 0.25) is 0 Å². The molecule has 1 aromatic carbocycles. The molecule has 0 saturated carbocycles. The van der Waals surface area contributed by atoms with Crippen LogP contribution in [0.4, 0.5) is 8.78 Å². The largest absolute Gasteiger partial charge is 0.497 e. The summed E-state index contributed by atoms with van der Waals surface area (Å²) in [6, 6.07) is 3.89. The summed E-state index contributed by atoms with van der Waals surface area (Å²) in [5.74, 6) is -3.39. The van der Waals surface area contributed by atoms with Crippen molar-refractivity contribution in [3.63, 3.8) is 0 Å². The number of halogens is 2. The van der Waals surface area contributed by atoms with Crippen molar-refractivity contribution in [1.29, 1.82) is 0 Å². The van der Waals surface area contributed by atoms with Crippen LogP contribution in [0.3, 0.4) is 0 Å². The van der Waals surface area contributed by atoms with Gasteiger partial charge in [-0.25, -0.2) is 22.7 Å². The first-order valence-electron chi connectivity index (χ1n) is 9.56. The molecule has 0 aliphatic heterocycles. The first kappa shape index (κ1) is 24.7. The highest BCUT2D eigenvalue weighted by Gasteiger charge is 2.42. The van der Waals surface area contributed by atoms with Crippen molar-refractivity contribution < 1.29 is 36.7 Å². The molecule has 2 rings (SSSR count). The number of ketones is 1. The zero-order chi connectivity index (χ0) is 23.4. The molecule has 0 heterocycles. The number of hydrogen-bond acceptors (Lipinski definition) is 6. The number of carbonyl (C=O) groups is 2. The van der Waals surface area contributed by atoms with E-state index in [9.17, 15) is 26.8 Å². The fourth-order valence-electron chi connectivity index (χ4n) is 3.35. The van der Waals surface area contributed by atoms with Gasteiger partial charge in [-0.15, -0.1) is 0 Å². The molecule has 0 saturated heterocycles. The van der Waals surface area contributed by atoms with Crippen LogP contribution in [-0.4, -0.2) is 43.4 Å². The van der Waals surface area contributed by atoms with Gasteiger partial charge >= 0.3 is 0 Å². The van der Waals surface area contributed by atoms with Gasteiger partial charge in [0.25, 0.3) is 5.91 Å². The van der Waals surface area contributed by atoms with Crippen LogP contribution in [0, 0.1) is 11.7 Å². The predicted molar refractivity (Wildman–Crippen MR) is 110 cm³/mol. The molecular weight excluding hydrogens is 432 g/mol. The minimum atomic E-state index is -3.81. The number of amides is 1. The van der Waals surface area contributed by atoms with E-state index in [4.69, 9.17) is 9.94 Å². The Bertz CT molecular complexity index is 1030. The van der Waals surface area contributed by atoms with Crippen molar-refractivity contribution in [3.05, 3.63) is 47.6 Å². The smallest absolute Gasteiger partial charge is 0.264 e. The van der Waals surface area contributed by atoms with Crippen LogP contribution < -0.4 is 10.2 Å². The van der Waals surface area contributed by atoms with Gasteiger partial charge in [0, 0.05) is 29.4 Å². The van der Waals surface area contributed by atoms with Gasteiger partial charge < -0.3 is 4.74 Å². The number of hydrogen-bond donors (Lipinski definition) is 2. The molecule has 0 aromatic heterocycles. The molecule has 1 aliphatic carbocycles. The third-order valence-corrected chi connectivity index (χ3v) is 7.57. The van der Waals surface area contributed by atoms with Gasteiger partial charge in [-0.2, -0.15) is 0 Å². The normalized spacial score (nSPS) is 18.6. The van der Waals surface area contributed by atoms with Crippen LogP contribution in [-0.2, 0) is 19.4 Å². The Hall–Kier alpha value is -2.59. The summed E-state index contributed by atoms with van der Waals surface area (Å²) in [7, 11) is -2.44. The number of rotatable bonds is 9. The van der Waals surface area contributed by atoms with Crippen LogP contribution in [0.2, 0.25) is 0 Å². The molecule has 0 bridgehead atoms. The Balaban J connectivity index is 2.05. The zero-order valence-electron chi connectivity index (χ0n) is 17.4. The molecule has 2 atom stereocenters. The number of nitrogens with one attached hydrogen (secondary N) is 1. The van der Waals surface area contributed by atoms with Crippen LogP contribution in [0.15, 0.2) is 36.2 Å². The lowest BCUT2D eigenvalue weighted by Crippen LogP contribution is -2.49. The summed E-state index contributed by atoms with van der Waals surface area (Å²) >= 11 is 0. The van der Waals surface area contributed by atoms with Crippen LogP contribution in [0.25, 0.3) is 5.57 Å². The first-order valence-corrected chi connectivity index (χ1v) is 11.4. The molecule has 0 fully saturated rings. The number of hydroxylamine groups is 1. The average Bonchev–Trinajstić information content (AvgIpc) is 2.71. The summed E-state index contributed by atoms with van der Waals surface area (Å²) in [6.07, 6.45) is 3.81. The van der Waals surface area contributed by atoms with E-state index < -0.39 is 43.8 Å². The van der Waals surface area contributed by atoms with Crippen molar-refractivity contribution in [2.75, 3.05) is 13.4 Å². The maximum absolute atomic E-state index is 14.6. The third kappa shape index (κ3) is 5.37. The van der Waals surface area contributed by atoms with Gasteiger partial charge in [0.15, 0.2) is 15.6 Å². The number of carbonyl (C=O) groups excluding carboxylic acids is 2. The fraction of sp³-hybridized carbons (Fsp3) is 0.429. The maximum atomic E-state index is 14.6. The third-order valence-electron chi connectivity index (χ3n) is 5.54. The lowest BCUT2D eigenvalue weighted by atomic mass is 9.87. The van der Waals surface area contributed by atoms with E-state index in [1.54, 1.807) is 0 Å². The Kier molecular flexibility index (Phi) is 7.72. The van der Waals surface area contributed by atoms with E-state index in [-0.39, 0.29) is 36.1 Å². The molecule has 1 aromatic rings. The Morgan fingerprint density at radius 3 is 2.52 bits per heavy atom. The lowest BCUT2D eigenvalue weighted by molar-refractivity contribution is -0.131. The van der Waals surface area contributed by atoms with Crippen LogP contribution >= 0.6 is 0 Å². The van der Waals surface area contributed by atoms with E-state index in [2.05, 4.69) is 0 Å². The van der Waals surface area contributed by atoms with Gasteiger partial charge in [-0.05, 0) is 44.1 Å². The molecule has 2 N–H and O–H groups in total. The molecule has 31 heavy (non-hydrogen) atoms. The van der Waals surface area contributed by atoms with Gasteiger partial charge in [0.05, 0.1) is 7.11 Å². The standard InChI is InChI=1S/C21H25F2NO6S/c1-21(20(26)24-27,31(3,28)29)9-5-4-6-13-10-17(22)16(12-19(13)25)15-8-7-14(30-2)11-18(15)23/h7-8,10-13,27H,4-6,9H2,1-3H3,(H,24,26)/t13-,21?/m0/s1. The molecule has 1 aliphatic rings. The number of sulfone groups is 1. The Labute approximate surface area is 179 Å². The molecule has 0 spiro atoms. The molecule has 10 heteroatoms. The number of methoxy groups -OCH3 is 1. The van der Waals surface area contributed by atoms with Gasteiger partial charge in [-0.1, -0.05) is 12.8 Å². The molecule has 1 unspecified atom stereocenters. The van der Waals surface area contributed by atoms with Crippen molar-refractivity contribution in [1.82, 2.24) is 5.48 Å². The highest BCUT2D eigenvalue weighted by Crippen LogP contribution is 2.34. The van der Waals surface area contributed by atoms with Crippen molar-refractivity contribution >= 4 is 27.1 Å². The number of allylic oxidation sites excluding steroid dienone is 4. The van der Waals surface area contributed by atoms with E-state index >= 15 is 0 Å². The number of ether oxygens (including phenoxy) is 1. The van der Waals surface area contributed by atoms with E-state index in [0.717, 1.165) is 24.5 Å². The highest BCUT2D eigenvalue weighted by molar-refractivity contribution is 7.92. The van der Waals surface area contributed by atoms with Gasteiger partial charge in [-0.3, -0.25) is 14.8 Å². The lowest BCUT2D eigenvalue weighted by Gasteiger charge is -2.25. The number of unbranched alkanes of at least 4 members (excludes halogenated alkanes) is 1. The Morgan fingerprint density at radius 2 is 1.97 bits per heavy atom. The first-order chi connectivity index (χ1) is 14.4. The monoisotopic (exact) mass is 457 g/mol. The second-order valence-electron chi connectivity index (χ2n) is 7.62. The zero-order valence-corrected chi connectivity index (χ0v) is 18.3. The van der Waals surface area contributed by atoms with Crippen LogP contribution in [0.1, 0.15) is 38.2 Å². The van der Waals surface area contributed by atoms with Crippen molar-refractivity contribution in [2.24, 2.45) is 5.92 Å². The van der Waals surface area contributed by atoms with E-state index in [1.807, 2.05) is 0 Å². The highest BCUT2D eigenvalue weighted by atomic mass is 32.2. The maximum Gasteiger partial charge on any atom is 0.264 e. The molecule has 7 nitrogen and oxygen atoms in total. The average molecular weight is 457 g/mol. The van der Waals surface area contributed by atoms with Crippen molar-refractivity contribution in [2.45, 2.75) is 37.4 Å². The Morgan fingerprint density at radius 1 is 1.29 bits per heavy atom. The van der Waals surface area contributed by atoms with Crippen molar-refractivity contribution in [3.8, 4) is 5.75 Å². The topological polar surface area (TPSA) is 110 Å². The minimum absolute atomic E-state index is 0.0553. The molecule has 170 valence electrons. The summed E-state index contributed by atoms with van der Waals surface area (Å²) in [5.41, 5.74) is 1.17. The van der Waals surface area contributed by atoms with E-state index in [0.29, 0.717) is 6.42 Å². The molecule has 0 radical (unpaired) electrons. The molecular formula is C21H25F2NO6S. The predicted octanol–water partition coefficient (Wildman–Crippen LogP) is 3.14. The summed E-state index contributed by atoms with van der Waals surface area (Å²) in [6.45, 7) is 1.21. The second-order valence-corrected chi connectivity index (χ2v) is 10.1. The summed E-state index contributed by atoms with van der Waals surface area (Å²) < 4.78 is 55.8. The summed E-state index contributed by atoms with van der Waals surface area (Å²) in [4.78, 5) is 24.2. The second kappa shape index (κ2) is 9.69. The van der Waals surface area contributed by atoms with Crippen LogP contribution in [0.5, 0.6) is 5.75 Å². The SMILES string of the molecule is COc1ccc(C2=CC(=O)[C@@H](CCCCC(C)(C(=O)NO)S(C)(=O)=O)C=C2F)c(F)c1. The minimum Gasteiger partial charge on any atom is -0.497 e. The van der Waals surface area contributed by atoms with E-state index in [1.165, 1.54) is 31.6 Å². The quantitative estimate of drug-likeness (QED) is 0.335. The van der Waals surface area contributed by atoms with Gasteiger partial charge in [0.1, 0.15) is 22.1 Å². The number of benzene rings is 1.